The van der Waals surface area contributed by atoms with Crippen LogP contribution < -0.4 is 0 Å². The van der Waals surface area contributed by atoms with Crippen LogP contribution in [0.4, 0.5) is 0 Å². The molecule has 1 aromatic carbocycles. The van der Waals surface area contributed by atoms with Gasteiger partial charge in [0.2, 0.25) is 0 Å². The second-order valence-corrected chi connectivity index (χ2v) is 14.6. The summed E-state index contributed by atoms with van der Waals surface area (Å²) < 4.78 is 38.3. The lowest BCUT2D eigenvalue weighted by Gasteiger charge is -2.39. The third kappa shape index (κ3) is 6.23. The molecule has 0 saturated carbocycles. The largest absolute Gasteiger partial charge is 0.410 e. The van der Waals surface area contributed by atoms with Crippen molar-refractivity contribution >= 4 is 18.4 Å². The minimum atomic E-state index is -4.05. The first-order valence-corrected chi connectivity index (χ1v) is 12.8. The van der Waals surface area contributed by atoms with Gasteiger partial charge in [-0.05, 0) is 55.6 Å². The SMILES string of the molecule is CC(CCC(O[Si](C)(C)C(C)(C)C)c1ccc(C#N)cc1)S(=O)(=O)O. The van der Waals surface area contributed by atoms with Crippen molar-refractivity contribution < 1.29 is 17.4 Å². The van der Waals surface area contributed by atoms with Crippen molar-refractivity contribution in [2.75, 3.05) is 0 Å². The van der Waals surface area contributed by atoms with Crippen LogP contribution in [0.1, 0.15) is 57.8 Å². The minimum Gasteiger partial charge on any atom is -0.410 e. The Bertz CT molecular complexity index is 715. The van der Waals surface area contributed by atoms with Crippen molar-refractivity contribution in [1.82, 2.24) is 0 Å². The molecule has 1 N–H and O–H groups in total. The molecular weight excluding hydrogens is 354 g/mol. The maximum absolute atomic E-state index is 11.3. The summed E-state index contributed by atoms with van der Waals surface area (Å²) in [5.74, 6) is 0. The number of nitriles is 1. The first-order valence-electron chi connectivity index (χ1n) is 8.42. The van der Waals surface area contributed by atoms with Crippen LogP contribution in [0.15, 0.2) is 24.3 Å². The van der Waals surface area contributed by atoms with Crippen molar-refractivity contribution in [3.8, 4) is 6.07 Å². The molecule has 1 rings (SSSR count). The Hall–Kier alpha value is -1.20. The van der Waals surface area contributed by atoms with E-state index in [1.807, 2.05) is 12.1 Å². The van der Waals surface area contributed by atoms with Gasteiger partial charge in [0.25, 0.3) is 10.1 Å². The highest BCUT2D eigenvalue weighted by Crippen LogP contribution is 2.41. The van der Waals surface area contributed by atoms with Crippen molar-refractivity contribution in [3.63, 3.8) is 0 Å². The zero-order chi connectivity index (χ0) is 19.5. The molecule has 7 heteroatoms. The number of hydrogen-bond acceptors (Lipinski definition) is 4. The molecule has 0 aliphatic heterocycles. The lowest BCUT2D eigenvalue weighted by molar-refractivity contribution is 0.170. The van der Waals surface area contributed by atoms with Gasteiger partial charge in [0.1, 0.15) is 0 Å². The van der Waals surface area contributed by atoms with E-state index in [4.69, 9.17) is 9.69 Å². The van der Waals surface area contributed by atoms with Crippen molar-refractivity contribution in [2.24, 2.45) is 0 Å². The van der Waals surface area contributed by atoms with Gasteiger partial charge in [0.05, 0.1) is 23.0 Å². The van der Waals surface area contributed by atoms with Crippen LogP contribution in [0.5, 0.6) is 0 Å². The van der Waals surface area contributed by atoms with E-state index in [-0.39, 0.29) is 11.1 Å². The molecule has 140 valence electrons. The first-order chi connectivity index (χ1) is 11.3. The molecule has 2 atom stereocenters. The van der Waals surface area contributed by atoms with E-state index in [1.165, 1.54) is 6.92 Å². The molecule has 2 unspecified atom stereocenters. The highest BCUT2D eigenvalue weighted by atomic mass is 32.2. The van der Waals surface area contributed by atoms with Crippen molar-refractivity contribution in [1.29, 1.82) is 5.26 Å². The zero-order valence-electron chi connectivity index (χ0n) is 15.9. The van der Waals surface area contributed by atoms with Gasteiger partial charge in [0, 0.05) is 0 Å². The lowest BCUT2D eigenvalue weighted by Crippen LogP contribution is -2.42. The Kier molecular flexibility index (Phi) is 6.99. The second-order valence-electron chi connectivity index (χ2n) is 8.00. The van der Waals surface area contributed by atoms with Crippen LogP contribution in [0.25, 0.3) is 0 Å². The maximum Gasteiger partial charge on any atom is 0.267 e. The average molecular weight is 384 g/mol. The number of benzene rings is 1. The summed E-state index contributed by atoms with van der Waals surface area (Å²) in [5, 5.41) is 8.14. The quantitative estimate of drug-likeness (QED) is 0.546. The third-order valence-corrected chi connectivity index (χ3v) is 10.7. The topological polar surface area (TPSA) is 87.4 Å². The molecule has 0 bridgehead atoms. The molecule has 0 radical (unpaired) electrons. The summed E-state index contributed by atoms with van der Waals surface area (Å²) in [6.45, 7) is 12.2. The highest BCUT2D eigenvalue weighted by molar-refractivity contribution is 7.86. The summed E-state index contributed by atoms with van der Waals surface area (Å²) in [6.07, 6.45) is 0.523. The predicted octanol–water partition coefficient (Wildman–Crippen LogP) is 4.68. The smallest absolute Gasteiger partial charge is 0.267 e. The molecule has 0 aliphatic rings. The van der Waals surface area contributed by atoms with E-state index in [9.17, 15) is 13.0 Å². The Labute approximate surface area is 152 Å². The normalized spacial score (nSPS) is 15.4. The molecule has 5 nitrogen and oxygen atoms in total. The number of hydrogen-bond donors (Lipinski definition) is 1. The van der Waals surface area contributed by atoms with Crippen LogP contribution in [0, 0.1) is 11.3 Å². The Morgan fingerprint density at radius 1 is 1.20 bits per heavy atom. The van der Waals surface area contributed by atoms with Gasteiger partial charge in [-0.15, -0.1) is 0 Å². The third-order valence-electron chi connectivity index (χ3n) is 5.00. The van der Waals surface area contributed by atoms with Crippen molar-refractivity contribution in [3.05, 3.63) is 35.4 Å². The summed E-state index contributed by atoms with van der Waals surface area (Å²) in [6, 6.07) is 9.28. The van der Waals surface area contributed by atoms with Crippen molar-refractivity contribution in [2.45, 2.75) is 70.0 Å². The van der Waals surface area contributed by atoms with E-state index >= 15 is 0 Å². The summed E-state index contributed by atoms with van der Waals surface area (Å²) in [5.41, 5.74) is 1.49. The molecule has 0 fully saturated rings. The average Bonchev–Trinajstić information content (AvgIpc) is 2.49. The molecule has 25 heavy (non-hydrogen) atoms. The molecule has 1 aromatic rings. The Balaban J connectivity index is 3.07. The van der Waals surface area contributed by atoms with Gasteiger partial charge >= 0.3 is 0 Å². The van der Waals surface area contributed by atoms with Crippen LogP contribution in [0.2, 0.25) is 18.1 Å². The van der Waals surface area contributed by atoms with Gasteiger partial charge < -0.3 is 4.43 Å². The van der Waals surface area contributed by atoms with Crippen LogP contribution in [0.3, 0.4) is 0 Å². The zero-order valence-corrected chi connectivity index (χ0v) is 17.7. The minimum absolute atomic E-state index is 0.0204. The fourth-order valence-electron chi connectivity index (χ4n) is 2.13. The molecule has 0 aliphatic carbocycles. The van der Waals surface area contributed by atoms with Gasteiger partial charge in [-0.2, -0.15) is 13.7 Å². The van der Waals surface area contributed by atoms with E-state index < -0.39 is 23.7 Å². The molecule has 0 heterocycles. The van der Waals surface area contributed by atoms with Crippen LogP contribution in [-0.2, 0) is 14.5 Å². The first kappa shape index (κ1) is 21.8. The van der Waals surface area contributed by atoms with E-state index in [0.717, 1.165) is 5.56 Å². The van der Waals surface area contributed by atoms with Gasteiger partial charge in [0.15, 0.2) is 8.32 Å². The standard InChI is InChI=1S/C18H29NO4SSi/c1-14(24(20,21)22)7-12-17(23-25(5,6)18(2,3)4)16-10-8-15(13-19)9-11-16/h8-11,14,17H,7,12H2,1-6H3,(H,20,21,22). The predicted molar refractivity (Wildman–Crippen MR) is 102 cm³/mol. The molecule has 0 saturated heterocycles. The van der Waals surface area contributed by atoms with Gasteiger partial charge in [-0.3, -0.25) is 4.55 Å². The van der Waals surface area contributed by atoms with Gasteiger partial charge in [-0.25, -0.2) is 0 Å². The fraction of sp³-hybridized carbons (Fsp3) is 0.611. The Morgan fingerprint density at radius 3 is 2.12 bits per heavy atom. The fourth-order valence-corrected chi connectivity index (χ4v) is 3.89. The van der Waals surface area contributed by atoms with E-state index in [1.54, 1.807) is 12.1 Å². The monoisotopic (exact) mass is 383 g/mol. The Morgan fingerprint density at radius 2 is 1.72 bits per heavy atom. The number of rotatable bonds is 7. The highest BCUT2D eigenvalue weighted by Gasteiger charge is 2.39. The number of nitrogens with zero attached hydrogens (tertiary/aromatic N) is 1. The summed E-state index contributed by atoms with van der Waals surface area (Å²) in [4.78, 5) is 0. The molecule has 0 amide bonds. The lowest BCUT2D eigenvalue weighted by atomic mass is 10.0. The van der Waals surface area contributed by atoms with Crippen LogP contribution in [-0.4, -0.2) is 26.5 Å². The maximum atomic E-state index is 11.3. The van der Waals surface area contributed by atoms with E-state index in [2.05, 4.69) is 39.9 Å². The van der Waals surface area contributed by atoms with E-state index in [0.29, 0.717) is 18.4 Å². The van der Waals surface area contributed by atoms with Crippen LogP contribution >= 0.6 is 0 Å². The summed E-state index contributed by atoms with van der Waals surface area (Å²) in [7, 11) is -6.12. The molecule has 0 spiro atoms. The summed E-state index contributed by atoms with van der Waals surface area (Å²) >= 11 is 0. The molecular formula is C18H29NO4SSi. The molecule has 0 aromatic heterocycles. The van der Waals surface area contributed by atoms with Gasteiger partial charge in [-0.1, -0.05) is 32.9 Å². The second kappa shape index (κ2) is 8.00.